The van der Waals surface area contributed by atoms with E-state index in [0.717, 1.165) is 4.90 Å². The van der Waals surface area contributed by atoms with Gasteiger partial charge in [-0.3, -0.25) is 19.3 Å². The maximum absolute atomic E-state index is 13.4. The van der Waals surface area contributed by atoms with Crippen LogP contribution in [-0.2, 0) is 23.7 Å². The Morgan fingerprint density at radius 1 is 0.919 bits per heavy atom. The molecule has 2 aromatic carbocycles. The van der Waals surface area contributed by atoms with Crippen LogP contribution in [0.1, 0.15) is 51.8 Å². The van der Waals surface area contributed by atoms with Gasteiger partial charge >= 0.3 is 11.9 Å². The molecule has 0 saturated carbocycles. The lowest BCUT2D eigenvalue weighted by atomic mass is 9.93. The summed E-state index contributed by atoms with van der Waals surface area (Å²) in [6.07, 6.45) is -5.24. The average Bonchev–Trinajstić information content (AvgIpc) is 3.14. The van der Waals surface area contributed by atoms with Gasteiger partial charge in [0.25, 0.3) is 11.8 Å². The Labute approximate surface area is 214 Å². The number of benzene rings is 2. The highest BCUT2D eigenvalue weighted by Crippen LogP contribution is 2.36. The van der Waals surface area contributed by atoms with Gasteiger partial charge in [-0.05, 0) is 45.0 Å². The van der Waals surface area contributed by atoms with Crippen molar-refractivity contribution < 1.29 is 43.2 Å². The second-order valence-electron chi connectivity index (χ2n) is 9.83. The lowest BCUT2D eigenvalue weighted by Gasteiger charge is -2.47. The van der Waals surface area contributed by atoms with Crippen LogP contribution < -0.4 is 0 Å². The molecule has 2 heterocycles. The first-order valence-corrected chi connectivity index (χ1v) is 11.8. The summed E-state index contributed by atoms with van der Waals surface area (Å²) in [5, 5.41) is 10.1. The Morgan fingerprint density at radius 2 is 1.49 bits per heavy atom. The number of aliphatic hydroxyl groups is 1. The number of imide groups is 1. The third-order valence-corrected chi connectivity index (χ3v) is 6.26. The molecule has 4 rings (SSSR count). The number of carbonyl (C=O) groups is 4. The molecule has 1 saturated heterocycles. The quantitative estimate of drug-likeness (QED) is 0.458. The molecular weight excluding hydrogens is 482 g/mol. The topological polar surface area (TPSA) is 129 Å². The molecule has 1 N–H and O–H groups in total. The Balaban J connectivity index is 1.79. The average molecular weight is 512 g/mol. The largest absolute Gasteiger partial charge is 0.455 e. The molecule has 0 aliphatic carbocycles. The van der Waals surface area contributed by atoms with Gasteiger partial charge in [-0.15, -0.1) is 0 Å². The predicted octanol–water partition coefficient (Wildman–Crippen LogP) is 2.20. The summed E-state index contributed by atoms with van der Waals surface area (Å²) < 4.78 is 22.9. The summed E-state index contributed by atoms with van der Waals surface area (Å²) in [5.41, 5.74) is -0.419. The summed E-state index contributed by atoms with van der Waals surface area (Å²) in [7, 11) is 1.29. The summed E-state index contributed by atoms with van der Waals surface area (Å²) in [5.74, 6) is -2.71. The van der Waals surface area contributed by atoms with E-state index in [4.69, 9.17) is 18.9 Å². The number of amides is 2. The normalized spacial score (nSPS) is 25.5. The monoisotopic (exact) mass is 511 g/mol. The third kappa shape index (κ3) is 5.00. The molecule has 2 aliphatic rings. The zero-order valence-corrected chi connectivity index (χ0v) is 21.0. The van der Waals surface area contributed by atoms with Crippen LogP contribution in [-0.4, -0.2) is 78.1 Å². The first kappa shape index (κ1) is 26.5. The van der Waals surface area contributed by atoms with Crippen molar-refractivity contribution >= 4 is 23.8 Å². The van der Waals surface area contributed by atoms with Crippen molar-refractivity contribution in [3.8, 4) is 0 Å². The van der Waals surface area contributed by atoms with Crippen molar-refractivity contribution in [3.63, 3.8) is 0 Å². The Kier molecular flexibility index (Phi) is 7.44. The minimum Gasteiger partial charge on any atom is -0.455 e. The Morgan fingerprint density at radius 3 is 2.00 bits per heavy atom. The first-order valence-electron chi connectivity index (χ1n) is 11.8. The molecule has 0 aromatic heterocycles. The Bertz CT molecular complexity index is 1150. The molecule has 0 radical (unpaired) electrons. The molecule has 2 amide bonds. The summed E-state index contributed by atoms with van der Waals surface area (Å²) >= 11 is 0. The van der Waals surface area contributed by atoms with E-state index in [0.29, 0.717) is 0 Å². The van der Waals surface area contributed by atoms with Gasteiger partial charge in [-0.25, -0.2) is 4.79 Å². The molecule has 37 heavy (non-hydrogen) atoms. The minimum absolute atomic E-state index is 0.172. The molecule has 0 bridgehead atoms. The number of esters is 2. The highest BCUT2D eigenvalue weighted by atomic mass is 16.7. The zero-order chi connectivity index (χ0) is 26.9. The van der Waals surface area contributed by atoms with E-state index in [1.807, 2.05) is 0 Å². The van der Waals surface area contributed by atoms with Crippen molar-refractivity contribution in [1.29, 1.82) is 0 Å². The SMILES string of the molecule is CO[C@@H]1O[C@H](CO)[C@@H](OC(=O)c2ccccc2)[C@H](OC(=O)C(C)(C)C)[C@H]1N1C(=O)c2ccccc2C1=O. The van der Waals surface area contributed by atoms with Crippen molar-refractivity contribution in [1.82, 2.24) is 4.90 Å². The van der Waals surface area contributed by atoms with Crippen LogP contribution in [0.3, 0.4) is 0 Å². The molecule has 10 nitrogen and oxygen atoms in total. The maximum atomic E-state index is 13.4. The van der Waals surface area contributed by atoms with Crippen LogP contribution in [0, 0.1) is 5.41 Å². The minimum atomic E-state index is -1.41. The van der Waals surface area contributed by atoms with Gasteiger partial charge in [0.15, 0.2) is 18.5 Å². The second kappa shape index (κ2) is 10.4. The summed E-state index contributed by atoms with van der Waals surface area (Å²) in [4.78, 5) is 53.8. The van der Waals surface area contributed by atoms with Gasteiger partial charge in [-0.1, -0.05) is 30.3 Å². The standard InChI is InChI=1S/C27H29NO9/c1-27(2,3)26(33)37-21-19(28-22(30)16-12-8-9-13-17(16)23(28)31)25(34-4)35-18(14-29)20(21)36-24(32)15-10-6-5-7-11-15/h5-13,18-21,25,29H,14H2,1-4H3/t18-,19-,20-,21-,25-/m1/s1. The van der Waals surface area contributed by atoms with Crippen molar-refractivity contribution in [2.45, 2.75) is 51.4 Å². The third-order valence-electron chi connectivity index (χ3n) is 6.26. The van der Waals surface area contributed by atoms with Crippen molar-refractivity contribution in [2.24, 2.45) is 5.41 Å². The molecule has 2 aliphatic heterocycles. The molecule has 2 aromatic rings. The van der Waals surface area contributed by atoms with Gasteiger partial charge in [0.05, 0.1) is 28.7 Å². The highest BCUT2D eigenvalue weighted by Gasteiger charge is 2.57. The molecule has 1 fully saturated rings. The maximum Gasteiger partial charge on any atom is 0.338 e. The molecule has 0 unspecified atom stereocenters. The van der Waals surface area contributed by atoms with Crippen molar-refractivity contribution in [3.05, 3.63) is 71.3 Å². The van der Waals surface area contributed by atoms with Gasteiger partial charge < -0.3 is 24.1 Å². The number of carbonyl (C=O) groups excluding carboxylic acids is 4. The fraction of sp³-hybridized carbons (Fsp3) is 0.407. The van der Waals surface area contributed by atoms with E-state index in [9.17, 15) is 24.3 Å². The van der Waals surface area contributed by atoms with Crippen LogP contribution in [0.4, 0.5) is 0 Å². The first-order chi connectivity index (χ1) is 17.6. The van der Waals surface area contributed by atoms with E-state index < -0.39 is 66.4 Å². The number of hydrogen-bond donors (Lipinski definition) is 1. The van der Waals surface area contributed by atoms with Crippen LogP contribution in [0.2, 0.25) is 0 Å². The van der Waals surface area contributed by atoms with Crippen LogP contribution in [0.15, 0.2) is 54.6 Å². The number of methoxy groups -OCH3 is 1. The number of hydrogen-bond acceptors (Lipinski definition) is 9. The summed E-state index contributed by atoms with van der Waals surface area (Å²) in [6, 6.07) is 13.1. The van der Waals surface area contributed by atoms with Gasteiger partial charge in [-0.2, -0.15) is 0 Å². The molecular formula is C27H29NO9. The van der Waals surface area contributed by atoms with Crippen LogP contribution in [0.25, 0.3) is 0 Å². The predicted molar refractivity (Wildman–Crippen MR) is 128 cm³/mol. The van der Waals surface area contributed by atoms with E-state index in [2.05, 4.69) is 0 Å². The lowest BCUT2D eigenvalue weighted by Crippen LogP contribution is -2.67. The molecule has 10 heteroatoms. The number of fused-ring (bicyclic) bond motifs is 1. The number of ether oxygens (including phenoxy) is 4. The molecule has 196 valence electrons. The fourth-order valence-electron chi connectivity index (χ4n) is 4.33. The Hall–Kier alpha value is -3.60. The molecule has 5 atom stereocenters. The number of nitrogens with zero attached hydrogens (tertiary/aromatic N) is 1. The lowest BCUT2D eigenvalue weighted by molar-refractivity contribution is -0.276. The van der Waals surface area contributed by atoms with E-state index in [1.165, 1.54) is 31.4 Å². The fourth-order valence-corrected chi connectivity index (χ4v) is 4.33. The van der Waals surface area contributed by atoms with Crippen LogP contribution >= 0.6 is 0 Å². The van der Waals surface area contributed by atoms with Gasteiger partial charge in [0.2, 0.25) is 0 Å². The smallest absolute Gasteiger partial charge is 0.338 e. The van der Waals surface area contributed by atoms with E-state index in [1.54, 1.807) is 51.1 Å². The highest BCUT2D eigenvalue weighted by molar-refractivity contribution is 6.21. The van der Waals surface area contributed by atoms with E-state index >= 15 is 0 Å². The zero-order valence-electron chi connectivity index (χ0n) is 21.0. The van der Waals surface area contributed by atoms with Crippen molar-refractivity contribution in [2.75, 3.05) is 13.7 Å². The second-order valence-corrected chi connectivity index (χ2v) is 9.83. The van der Waals surface area contributed by atoms with Gasteiger partial charge in [0, 0.05) is 7.11 Å². The van der Waals surface area contributed by atoms with E-state index in [-0.39, 0.29) is 16.7 Å². The number of aliphatic hydroxyl groups excluding tert-OH is 1. The van der Waals surface area contributed by atoms with Gasteiger partial charge in [0.1, 0.15) is 12.1 Å². The number of rotatable bonds is 6. The van der Waals surface area contributed by atoms with Crippen LogP contribution in [0.5, 0.6) is 0 Å². The summed E-state index contributed by atoms with van der Waals surface area (Å²) in [6.45, 7) is 4.28. The molecule has 0 spiro atoms.